The van der Waals surface area contributed by atoms with E-state index in [1.165, 1.54) is 11.3 Å². The van der Waals surface area contributed by atoms with E-state index in [0.29, 0.717) is 6.61 Å². The fourth-order valence-electron chi connectivity index (χ4n) is 1.46. The van der Waals surface area contributed by atoms with Crippen molar-refractivity contribution in [3.63, 3.8) is 0 Å². The van der Waals surface area contributed by atoms with Gasteiger partial charge in [0.2, 0.25) is 6.36 Å². The maximum Gasteiger partial charge on any atom is 0.219 e. The number of ether oxygens (including phenoxy) is 1. The Morgan fingerprint density at radius 1 is 1.71 bits per heavy atom. The van der Waals surface area contributed by atoms with Gasteiger partial charge in [-0.2, -0.15) is 0 Å². The zero-order valence-electron chi connectivity index (χ0n) is 8.00. The van der Waals surface area contributed by atoms with Crippen LogP contribution in [-0.2, 0) is 4.74 Å². The van der Waals surface area contributed by atoms with Gasteiger partial charge in [0.1, 0.15) is 0 Å². The smallest absolute Gasteiger partial charge is 0.219 e. The van der Waals surface area contributed by atoms with Crippen LogP contribution in [0.4, 0.5) is 9.52 Å². The van der Waals surface area contributed by atoms with Crippen LogP contribution in [-0.4, -0.2) is 24.0 Å². The molecule has 0 aliphatic carbocycles. The number of thiazole rings is 1. The van der Waals surface area contributed by atoms with Crippen LogP contribution in [0.1, 0.15) is 18.5 Å². The van der Waals surface area contributed by atoms with E-state index in [4.69, 9.17) is 4.74 Å². The summed E-state index contributed by atoms with van der Waals surface area (Å²) in [4.78, 5) is 4.22. The second-order valence-electron chi connectivity index (χ2n) is 3.41. The molecule has 0 spiro atoms. The molecule has 0 bridgehead atoms. The van der Waals surface area contributed by atoms with E-state index in [1.807, 2.05) is 12.3 Å². The van der Waals surface area contributed by atoms with Crippen molar-refractivity contribution < 1.29 is 9.13 Å². The van der Waals surface area contributed by atoms with Gasteiger partial charge in [0.05, 0.1) is 18.3 Å². The fourth-order valence-corrected chi connectivity index (χ4v) is 2.21. The third-order valence-electron chi connectivity index (χ3n) is 2.18. The van der Waals surface area contributed by atoms with Crippen LogP contribution in [0.3, 0.4) is 0 Å². The number of halogens is 1. The van der Waals surface area contributed by atoms with Gasteiger partial charge < -0.3 is 10.1 Å². The number of anilines is 1. The molecule has 5 heteroatoms. The highest BCUT2D eigenvalue weighted by molar-refractivity contribution is 7.13. The van der Waals surface area contributed by atoms with Gasteiger partial charge in [-0.05, 0) is 19.8 Å². The lowest BCUT2D eigenvalue weighted by molar-refractivity contribution is -0.0757. The van der Waals surface area contributed by atoms with Crippen LogP contribution in [0, 0.1) is 6.92 Å². The first kappa shape index (κ1) is 9.86. The van der Waals surface area contributed by atoms with Crippen LogP contribution in [0.15, 0.2) is 5.38 Å². The van der Waals surface area contributed by atoms with Crippen molar-refractivity contribution in [2.24, 2.45) is 0 Å². The summed E-state index contributed by atoms with van der Waals surface area (Å²) in [5.74, 6) is 0. The van der Waals surface area contributed by atoms with Gasteiger partial charge in [0, 0.05) is 5.38 Å². The molecule has 1 aromatic rings. The lowest BCUT2D eigenvalue weighted by Gasteiger charge is -2.26. The summed E-state index contributed by atoms with van der Waals surface area (Å²) in [6.07, 6.45) is 0.510. The molecule has 2 unspecified atom stereocenters. The number of aryl methyl sites for hydroxylation is 1. The first-order chi connectivity index (χ1) is 6.75. The topological polar surface area (TPSA) is 34.1 Å². The second kappa shape index (κ2) is 4.23. The molecule has 14 heavy (non-hydrogen) atoms. The maximum atomic E-state index is 13.2. The lowest BCUT2D eigenvalue weighted by Crippen LogP contribution is -2.36. The fraction of sp³-hybridized carbons (Fsp3) is 0.667. The van der Waals surface area contributed by atoms with Crippen LogP contribution < -0.4 is 5.32 Å². The molecule has 0 amide bonds. The van der Waals surface area contributed by atoms with E-state index in [-0.39, 0.29) is 6.04 Å². The minimum Gasteiger partial charge on any atom is -0.353 e. The zero-order valence-corrected chi connectivity index (χ0v) is 8.81. The summed E-state index contributed by atoms with van der Waals surface area (Å²) in [5.41, 5.74) is 0.963. The molecule has 0 aromatic carbocycles. The summed E-state index contributed by atoms with van der Waals surface area (Å²) < 4.78 is 18.1. The molecule has 1 aromatic heterocycles. The third kappa shape index (κ3) is 2.22. The summed E-state index contributed by atoms with van der Waals surface area (Å²) >= 11 is 1.50. The highest BCUT2D eigenvalue weighted by atomic mass is 32.1. The first-order valence-corrected chi connectivity index (χ1v) is 5.58. The molecule has 2 rings (SSSR count). The minimum absolute atomic E-state index is 0.241. The first-order valence-electron chi connectivity index (χ1n) is 4.70. The monoisotopic (exact) mass is 216 g/mol. The number of aromatic nitrogens is 1. The van der Waals surface area contributed by atoms with Gasteiger partial charge >= 0.3 is 0 Å². The largest absolute Gasteiger partial charge is 0.353 e. The normalized spacial score (nSPS) is 27.6. The van der Waals surface area contributed by atoms with Crippen molar-refractivity contribution in [2.45, 2.75) is 32.2 Å². The van der Waals surface area contributed by atoms with Crippen molar-refractivity contribution in [1.82, 2.24) is 4.98 Å². The van der Waals surface area contributed by atoms with Gasteiger partial charge in [-0.3, -0.25) is 0 Å². The number of nitrogens with one attached hydrogen (secondary N) is 1. The molecule has 1 aliphatic heterocycles. The summed E-state index contributed by atoms with van der Waals surface area (Å²) in [6.45, 7) is 2.45. The van der Waals surface area contributed by atoms with Crippen molar-refractivity contribution in [3.8, 4) is 0 Å². The molecule has 1 saturated heterocycles. The van der Waals surface area contributed by atoms with Crippen LogP contribution in [0.5, 0.6) is 0 Å². The van der Waals surface area contributed by atoms with Crippen molar-refractivity contribution >= 4 is 16.5 Å². The van der Waals surface area contributed by atoms with Crippen LogP contribution in [0.25, 0.3) is 0 Å². The number of hydrogen-bond acceptors (Lipinski definition) is 4. The molecule has 2 heterocycles. The molecule has 1 fully saturated rings. The summed E-state index contributed by atoms with van der Waals surface area (Å²) in [5, 5.41) is 5.78. The van der Waals surface area contributed by atoms with Gasteiger partial charge in [0.15, 0.2) is 5.13 Å². The zero-order chi connectivity index (χ0) is 9.97. The quantitative estimate of drug-likeness (QED) is 0.824. The predicted octanol–water partition coefficient (Wildman–Crippen LogP) is 2.34. The maximum absolute atomic E-state index is 13.2. The molecule has 0 radical (unpaired) electrons. The Hall–Kier alpha value is -0.680. The van der Waals surface area contributed by atoms with Gasteiger partial charge in [0.25, 0.3) is 0 Å². The molecular weight excluding hydrogens is 203 g/mol. The van der Waals surface area contributed by atoms with E-state index in [0.717, 1.165) is 23.7 Å². The Balaban J connectivity index is 1.95. The van der Waals surface area contributed by atoms with Crippen molar-refractivity contribution in [1.29, 1.82) is 0 Å². The van der Waals surface area contributed by atoms with Crippen LogP contribution >= 0.6 is 11.3 Å². The predicted molar refractivity (Wildman–Crippen MR) is 54.3 cm³/mol. The van der Waals surface area contributed by atoms with Crippen molar-refractivity contribution in [2.75, 3.05) is 11.9 Å². The Bertz CT molecular complexity index is 305. The minimum atomic E-state index is -1.20. The third-order valence-corrected chi connectivity index (χ3v) is 3.07. The van der Waals surface area contributed by atoms with E-state index < -0.39 is 6.36 Å². The van der Waals surface area contributed by atoms with E-state index in [2.05, 4.69) is 10.3 Å². The number of rotatable bonds is 2. The molecular formula is C9H13FN2OS. The van der Waals surface area contributed by atoms with Gasteiger partial charge in [-0.25, -0.2) is 9.37 Å². The SMILES string of the molecule is Cc1csc(NC2CCCOC2F)n1. The van der Waals surface area contributed by atoms with Crippen LogP contribution in [0.2, 0.25) is 0 Å². The standard InChI is InChI=1S/C9H13FN2OS/c1-6-5-14-9(11-6)12-7-3-2-4-13-8(7)10/h5,7-8H,2-4H2,1H3,(H,11,12). The number of alkyl halides is 1. The highest BCUT2D eigenvalue weighted by Gasteiger charge is 2.25. The Labute approximate surface area is 86.3 Å². The molecule has 1 aliphatic rings. The van der Waals surface area contributed by atoms with E-state index >= 15 is 0 Å². The lowest BCUT2D eigenvalue weighted by atomic mass is 10.1. The molecule has 0 saturated carbocycles. The van der Waals surface area contributed by atoms with E-state index in [1.54, 1.807) is 0 Å². The van der Waals surface area contributed by atoms with E-state index in [9.17, 15) is 4.39 Å². The average Bonchev–Trinajstić information content (AvgIpc) is 2.56. The molecule has 3 nitrogen and oxygen atoms in total. The number of hydrogen-bond donors (Lipinski definition) is 1. The highest BCUT2D eigenvalue weighted by Crippen LogP contribution is 2.22. The summed E-state index contributed by atoms with van der Waals surface area (Å²) in [6, 6.07) is -0.241. The molecule has 2 atom stereocenters. The van der Waals surface area contributed by atoms with Gasteiger partial charge in [-0.15, -0.1) is 11.3 Å². The Morgan fingerprint density at radius 2 is 2.57 bits per heavy atom. The Morgan fingerprint density at radius 3 is 3.21 bits per heavy atom. The average molecular weight is 216 g/mol. The summed E-state index contributed by atoms with van der Waals surface area (Å²) in [7, 11) is 0. The molecule has 78 valence electrons. The Kier molecular flexibility index (Phi) is 2.98. The molecule has 1 N–H and O–H groups in total. The van der Waals surface area contributed by atoms with Gasteiger partial charge in [-0.1, -0.05) is 0 Å². The van der Waals surface area contributed by atoms with Crippen molar-refractivity contribution in [3.05, 3.63) is 11.1 Å². The second-order valence-corrected chi connectivity index (χ2v) is 4.27. The number of nitrogens with zero attached hydrogens (tertiary/aromatic N) is 1.